The zero-order valence-electron chi connectivity index (χ0n) is 14.8. The molecule has 4 nitrogen and oxygen atoms in total. The average Bonchev–Trinajstić information content (AvgIpc) is 2.59. The normalized spacial score (nSPS) is 13.5. The molecule has 1 atom stereocenters. The summed E-state index contributed by atoms with van der Waals surface area (Å²) in [5.41, 5.74) is 0. The Bertz CT molecular complexity index is 754. The molecule has 2 rings (SSSR count). The first-order chi connectivity index (χ1) is 11.5. The van der Waals surface area contributed by atoms with Gasteiger partial charge in [-0.05, 0) is 43.8 Å². The van der Waals surface area contributed by atoms with Crippen molar-refractivity contribution in [3.8, 4) is 0 Å². The van der Waals surface area contributed by atoms with Gasteiger partial charge in [-0.3, -0.25) is 0 Å². The van der Waals surface area contributed by atoms with Crippen molar-refractivity contribution >= 4 is 20.8 Å². The third-order valence-electron chi connectivity index (χ3n) is 4.24. The van der Waals surface area contributed by atoms with Crippen molar-refractivity contribution in [3.05, 3.63) is 42.5 Å². The van der Waals surface area contributed by atoms with E-state index in [-0.39, 0.29) is 0 Å². The van der Waals surface area contributed by atoms with Crippen LogP contribution in [0.5, 0.6) is 0 Å². The molecule has 132 valence electrons. The minimum atomic E-state index is -3.50. The molecule has 0 radical (unpaired) electrons. The van der Waals surface area contributed by atoms with E-state index in [1.54, 1.807) is 10.4 Å². The van der Waals surface area contributed by atoms with Crippen molar-refractivity contribution in [3.63, 3.8) is 0 Å². The molecule has 1 N–H and O–H groups in total. The molecule has 0 aromatic heterocycles. The third-order valence-corrected chi connectivity index (χ3v) is 6.17. The van der Waals surface area contributed by atoms with Gasteiger partial charge in [-0.1, -0.05) is 50.2 Å². The van der Waals surface area contributed by atoms with E-state index in [1.165, 1.54) is 0 Å². The van der Waals surface area contributed by atoms with Crippen LogP contribution >= 0.6 is 0 Å². The first-order valence-corrected chi connectivity index (χ1v) is 10.1. The number of hydrogen-bond donors (Lipinski definition) is 1. The highest BCUT2D eigenvalue weighted by Crippen LogP contribution is 2.26. The predicted molar refractivity (Wildman–Crippen MR) is 101 cm³/mol. The molecule has 0 spiro atoms. The minimum absolute atomic E-state index is 0.314. The van der Waals surface area contributed by atoms with Gasteiger partial charge >= 0.3 is 0 Å². The van der Waals surface area contributed by atoms with Gasteiger partial charge in [0.1, 0.15) is 0 Å². The van der Waals surface area contributed by atoms with Crippen LogP contribution in [0.2, 0.25) is 0 Å². The van der Waals surface area contributed by atoms with Crippen molar-refractivity contribution in [1.82, 2.24) is 9.62 Å². The maximum absolute atomic E-state index is 13.3. The largest absolute Gasteiger partial charge is 0.320 e. The quantitative estimate of drug-likeness (QED) is 0.755. The number of rotatable bonds is 9. The van der Waals surface area contributed by atoms with Crippen molar-refractivity contribution in [1.29, 1.82) is 0 Å². The molecular formula is C19H28N2O2S. The second-order valence-corrected chi connectivity index (χ2v) is 8.24. The van der Waals surface area contributed by atoms with Crippen molar-refractivity contribution in [2.24, 2.45) is 5.92 Å². The zero-order valence-corrected chi connectivity index (χ0v) is 15.6. The summed E-state index contributed by atoms with van der Waals surface area (Å²) in [7, 11) is -1.58. The molecule has 0 fully saturated rings. The highest BCUT2D eigenvalue weighted by molar-refractivity contribution is 7.89. The van der Waals surface area contributed by atoms with Crippen molar-refractivity contribution < 1.29 is 8.42 Å². The molecule has 0 bridgehead atoms. The summed E-state index contributed by atoms with van der Waals surface area (Å²) in [6, 6.07) is 13.2. The Morgan fingerprint density at radius 3 is 2.54 bits per heavy atom. The van der Waals surface area contributed by atoms with Gasteiger partial charge in [0.05, 0.1) is 4.90 Å². The van der Waals surface area contributed by atoms with E-state index in [9.17, 15) is 8.42 Å². The van der Waals surface area contributed by atoms with E-state index < -0.39 is 10.0 Å². The van der Waals surface area contributed by atoms with Gasteiger partial charge in [0.25, 0.3) is 0 Å². The number of hydrogen-bond acceptors (Lipinski definition) is 3. The van der Waals surface area contributed by atoms with Crippen LogP contribution in [0.1, 0.15) is 26.7 Å². The lowest BCUT2D eigenvalue weighted by atomic mass is 10.1. The van der Waals surface area contributed by atoms with Crippen molar-refractivity contribution in [2.45, 2.75) is 31.6 Å². The van der Waals surface area contributed by atoms with Crippen LogP contribution in [0.15, 0.2) is 47.4 Å². The van der Waals surface area contributed by atoms with E-state index in [0.717, 1.165) is 30.2 Å². The van der Waals surface area contributed by atoms with Crippen LogP contribution in [0.3, 0.4) is 0 Å². The van der Waals surface area contributed by atoms with Gasteiger partial charge in [-0.25, -0.2) is 8.42 Å². The fraction of sp³-hybridized carbons (Fsp3) is 0.474. The fourth-order valence-electron chi connectivity index (χ4n) is 2.95. The topological polar surface area (TPSA) is 49.4 Å². The molecule has 0 aliphatic heterocycles. The lowest BCUT2D eigenvalue weighted by Gasteiger charge is -2.25. The highest BCUT2D eigenvalue weighted by Gasteiger charge is 2.26. The maximum atomic E-state index is 13.3. The molecule has 0 saturated carbocycles. The second kappa shape index (κ2) is 8.60. The molecular weight excluding hydrogens is 320 g/mol. The Kier molecular flexibility index (Phi) is 6.78. The number of sulfonamides is 1. The summed E-state index contributed by atoms with van der Waals surface area (Å²) in [4.78, 5) is 0.412. The Morgan fingerprint density at radius 1 is 1.12 bits per heavy atom. The molecule has 0 aliphatic rings. The Hall–Kier alpha value is -1.43. The lowest BCUT2D eigenvalue weighted by Crippen LogP contribution is -2.36. The molecule has 0 aliphatic carbocycles. The molecule has 5 heteroatoms. The van der Waals surface area contributed by atoms with E-state index >= 15 is 0 Å². The molecule has 2 aromatic rings. The zero-order chi connectivity index (χ0) is 17.6. The summed E-state index contributed by atoms with van der Waals surface area (Å²) in [5.74, 6) is 0.314. The third kappa shape index (κ3) is 4.35. The van der Waals surface area contributed by atoms with E-state index in [4.69, 9.17) is 0 Å². The molecule has 0 saturated heterocycles. The van der Waals surface area contributed by atoms with Crippen LogP contribution in [0, 0.1) is 5.92 Å². The van der Waals surface area contributed by atoms with Gasteiger partial charge < -0.3 is 5.32 Å². The highest BCUT2D eigenvalue weighted by atomic mass is 32.2. The van der Waals surface area contributed by atoms with Crippen molar-refractivity contribution in [2.75, 3.05) is 26.7 Å². The molecule has 24 heavy (non-hydrogen) atoms. The Morgan fingerprint density at radius 2 is 1.83 bits per heavy atom. The average molecular weight is 349 g/mol. The predicted octanol–water partition coefficient (Wildman–Crippen LogP) is 3.49. The Labute approximate surface area is 145 Å². The van der Waals surface area contributed by atoms with Gasteiger partial charge in [-0.15, -0.1) is 0 Å². The summed E-state index contributed by atoms with van der Waals surface area (Å²) in [6.45, 7) is 6.13. The number of fused-ring (bicyclic) bond motifs is 1. The number of nitrogens with zero attached hydrogens (tertiary/aromatic N) is 1. The van der Waals surface area contributed by atoms with Crippen LogP contribution < -0.4 is 5.32 Å². The van der Waals surface area contributed by atoms with E-state index in [2.05, 4.69) is 12.2 Å². The standard InChI is InChI=1S/C19H28N2O2S/c1-4-14-21(15-16(2)12-13-20-3)24(22,23)19-11-7-9-17-8-5-6-10-18(17)19/h5-11,16,20H,4,12-15H2,1-3H3. The molecule has 1 unspecified atom stereocenters. The second-order valence-electron chi connectivity index (χ2n) is 6.34. The first kappa shape index (κ1) is 18.9. The molecule has 2 aromatic carbocycles. The van der Waals surface area contributed by atoms with Crippen LogP contribution in [-0.2, 0) is 10.0 Å². The van der Waals surface area contributed by atoms with E-state index in [1.807, 2.05) is 50.4 Å². The minimum Gasteiger partial charge on any atom is -0.320 e. The summed E-state index contributed by atoms with van der Waals surface area (Å²) < 4.78 is 28.2. The molecule has 0 heterocycles. The fourth-order valence-corrected chi connectivity index (χ4v) is 4.81. The van der Waals surface area contributed by atoms with Crippen LogP contribution in [0.25, 0.3) is 10.8 Å². The van der Waals surface area contributed by atoms with E-state index in [0.29, 0.717) is 23.9 Å². The summed E-state index contributed by atoms with van der Waals surface area (Å²) >= 11 is 0. The first-order valence-electron chi connectivity index (χ1n) is 8.63. The summed E-state index contributed by atoms with van der Waals surface area (Å²) in [5, 5.41) is 4.88. The van der Waals surface area contributed by atoms with Gasteiger partial charge in [0, 0.05) is 18.5 Å². The van der Waals surface area contributed by atoms with Gasteiger partial charge in [-0.2, -0.15) is 4.31 Å². The molecule has 0 amide bonds. The lowest BCUT2D eigenvalue weighted by molar-refractivity contribution is 0.342. The number of nitrogens with one attached hydrogen (secondary N) is 1. The van der Waals surface area contributed by atoms with Crippen LogP contribution in [-0.4, -0.2) is 39.4 Å². The Balaban J connectivity index is 2.36. The smallest absolute Gasteiger partial charge is 0.243 e. The monoisotopic (exact) mass is 348 g/mol. The summed E-state index contributed by atoms with van der Waals surface area (Å²) in [6.07, 6.45) is 1.77. The SMILES string of the molecule is CCCN(CC(C)CCNC)S(=O)(=O)c1cccc2ccccc12. The van der Waals surface area contributed by atoms with Gasteiger partial charge in [0.2, 0.25) is 10.0 Å². The number of benzene rings is 2. The van der Waals surface area contributed by atoms with Crippen LogP contribution in [0.4, 0.5) is 0 Å². The van der Waals surface area contributed by atoms with Gasteiger partial charge in [0.15, 0.2) is 0 Å². The maximum Gasteiger partial charge on any atom is 0.243 e.